The number of ketones is 1. The van der Waals surface area contributed by atoms with Crippen molar-refractivity contribution in [2.24, 2.45) is 0 Å². The first-order chi connectivity index (χ1) is 6.75. The fourth-order valence-electron chi connectivity index (χ4n) is 1.15. The molecule has 0 fully saturated rings. The molecule has 4 heteroatoms. The van der Waals surface area contributed by atoms with Crippen molar-refractivity contribution in [3.8, 4) is 0 Å². The molecule has 2 aromatic rings. The summed E-state index contributed by atoms with van der Waals surface area (Å²) in [5.74, 6) is 0.153. The standard InChI is InChI=1S/C10H7ClOS2/c11-10-4-7(5-14-10)3-9(12)8-1-2-13-6-8/h1-2,4-6H,3H2. The first kappa shape index (κ1) is 9.90. The van der Waals surface area contributed by atoms with E-state index in [1.165, 1.54) is 22.7 Å². The van der Waals surface area contributed by atoms with Crippen LogP contribution in [0.2, 0.25) is 4.34 Å². The second-order valence-electron chi connectivity index (χ2n) is 2.87. The molecule has 0 radical (unpaired) electrons. The predicted molar refractivity (Wildman–Crippen MR) is 61.7 cm³/mol. The van der Waals surface area contributed by atoms with E-state index < -0.39 is 0 Å². The summed E-state index contributed by atoms with van der Waals surface area (Å²) in [5, 5.41) is 5.71. The quantitative estimate of drug-likeness (QED) is 0.747. The Bertz CT molecular complexity index is 431. The van der Waals surface area contributed by atoms with Gasteiger partial charge in [0.05, 0.1) is 4.34 Å². The molecular formula is C10H7ClOS2. The molecule has 2 rings (SSSR count). The van der Waals surface area contributed by atoms with E-state index in [0.29, 0.717) is 6.42 Å². The largest absolute Gasteiger partial charge is 0.294 e. The predicted octanol–water partition coefficient (Wildman–Crippen LogP) is 3.89. The molecular weight excluding hydrogens is 236 g/mol. The van der Waals surface area contributed by atoms with Crippen molar-refractivity contribution < 1.29 is 4.79 Å². The Morgan fingerprint density at radius 1 is 1.43 bits per heavy atom. The second kappa shape index (κ2) is 4.26. The van der Waals surface area contributed by atoms with Crippen LogP contribution in [0.1, 0.15) is 15.9 Å². The van der Waals surface area contributed by atoms with Gasteiger partial charge in [0.2, 0.25) is 0 Å². The first-order valence-corrected chi connectivity index (χ1v) is 6.24. The Kier molecular flexibility index (Phi) is 3.01. The zero-order valence-corrected chi connectivity index (χ0v) is 9.59. The van der Waals surface area contributed by atoms with E-state index in [1.807, 2.05) is 28.3 Å². The van der Waals surface area contributed by atoms with Gasteiger partial charge in [0.25, 0.3) is 0 Å². The van der Waals surface area contributed by atoms with Gasteiger partial charge in [0.15, 0.2) is 5.78 Å². The van der Waals surface area contributed by atoms with E-state index in [4.69, 9.17) is 11.6 Å². The van der Waals surface area contributed by atoms with E-state index in [9.17, 15) is 4.79 Å². The number of hydrogen-bond acceptors (Lipinski definition) is 3. The van der Waals surface area contributed by atoms with Gasteiger partial charge in [0, 0.05) is 17.4 Å². The normalized spacial score (nSPS) is 10.4. The summed E-state index contributed by atoms with van der Waals surface area (Å²) in [5.41, 5.74) is 1.79. The zero-order valence-electron chi connectivity index (χ0n) is 7.20. The SMILES string of the molecule is O=C(Cc1csc(Cl)c1)c1ccsc1. The molecule has 0 aliphatic rings. The number of carbonyl (C=O) groups is 1. The summed E-state index contributed by atoms with van der Waals surface area (Å²) in [6.45, 7) is 0. The summed E-state index contributed by atoms with van der Waals surface area (Å²) < 4.78 is 0.734. The molecule has 2 heterocycles. The Labute approximate surface area is 95.0 Å². The van der Waals surface area contributed by atoms with Crippen LogP contribution < -0.4 is 0 Å². The second-order valence-corrected chi connectivity index (χ2v) is 5.19. The Hall–Kier alpha value is -0.640. The smallest absolute Gasteiger partial charge is 0.168 e. The van der Waals surface area contributed by atoms with Crippen LogP contribution in [0.25, 0.3) is 0 Å². The lowest BCUT2D eigenvalue weighted by Gasteiger charge is -1.94. The molecule has 0 amide bonds. The van der Waals surface area contributed by atoms with Gasteiger partial charge in [-0.05, 0) is 28.5 Å². The number of rotatable bonds is 3. The van der Waals surface area contributed by atoms with Gasteiger partial charge in [-0.25, -0.2) is 0 Å². The first-order valence-electron chi connectivity index (χ1n) is 4.04. The van der Waals surface area contributed by atoms with Crippen molar-refractivity contribution in [3.05, 3.63) is 43.7 Å². The maximum absolute atomic E-state index is 11.7. The van der Waals surface area contributed by atoms with Gasteiger partial charge < -0.3 is 0 Å². The van der Waals surface area contributed by atoms with Gasteiger partial charge >= 0.3 is 0 Å². The fraction of sp³-hybridized carbons (Fsp3) is 0.100. The number of halogens is 1. The van der Waals surface area contributed by atoms with Gasteiger partial charge in [-0.1, -0.05) is 11.6 Å². The topological polar surface area (TPSA) is 17.1 Å². The highest BCUT2D eigenvalue weighted by Crippen LogP contribution is 2.21. The summed E-state index contributed by atoms with van der Waals surface area (Å²) in [4.78, 5) is 11.7. The molecule has 0 spiro atoms. The van der Waals surface area contributed by atoms with Crippen LogP contribution in [0.4, 0.5) is 0 Å². The van der Waals surface area contributed by atoms with Crippen LogP contribution in [0.5, 0.6) is 0 Å². The molecule has 0 unspecified atom stereocenters. The number of Topliss-reactive ketones (excluding diaryl/α,β-unsaturated/α-hetero) is 1. The molecule has 0 atom stereocenters. The van der Waals surface area contributed by atoms with Crippen LogP contribution in [-0.4, -0.2) is 5.78 Å². The highest BCUT2D eigenvalue weighted by atomic mass is 35.5. The maximum atomic E-state index is 11.7. The number of carbonyl (C=O) groups excluding carboxylic acids is 1. The lowest BCUT2D eigenvalue weighted by atomic mass is 10.1. The van der Waals surface area contributed by atoms with Crippen LogP contribution in [-0.2, 0) is 6.42 Å². The molecule has 0 saturated heterocycles. The van der Waals surface area contributed by atoms with Gasteiger partial charge in [-0.3, -0.25) is 4.79 Å². The molecule has 0 bridgehead atoms. The highest BCUT2D eigenvalue weighted by Gasteiger charge is 2.08. The van der Waals surface area contributed by atoms with Crippen molar-refractivity contribution >= 4 is 40.1 Å². The maximum Gasteiger partial charge on any atom is 0.168 e. The van der Waals surface area contributed by atoms with E-state index in [-0.39, 0.29) is 5.78 Å². The third-order valence-electron chi connectivity index (χ3n) is 1.83. The molecule has 0 aromatic carbocycles. The van der Waals surface area contributed by atoms with Crippen molar-refractivity contribution in [1.82, 2.24) is 0 Å². The van der Waals surface area contributed by atoms with Crippen LogP contribution in [0.15, 0.2) is 28.3 Å². The average Bonchev–Trinajstić information content (AvgIpc) is 2.75. The van der Waals surface area contributed by atoms with Crippen LogP contribution >= 0.6 is 34.3 Å². The van der Waals surface area contributed by atoms with Crippen LogP contribution in [0, 0.1) is 0 Å². The fourth-order valence-corrected chi connectivity index (χ4v) is 2.72. The van der Waals surface area contributed by atoms with Crippen LogP contribution in [0.3, 0.4) is 0 Å². The summed E-state index contributed by atoms with van der Waals surface area (Å²) in [7, 11) is 0. The molecule has 14 heavy (non-hydrogen) atoms. The van der Waals surface area contributed by atoms with E-state index in [1.54, 1.807) is 0 Å². The molecule has 0 aliphatic carbocycles. The number of hydrogen-bond donors (Lipinski definition) is 0. The summed E-state index contributed by atoms with van der Waals surface area (Å²) in [6, 6.07) is 3.69. The Morgan fingerprint density at radius 3 is 2.86 bits per heavy atom. The number of thiophene rings is 2. The summed E-state index contributed by atoms with van der Waals surface area (Å²) in [6.07, 6.45) is 0.444. The minimum Gasteiger partial charge on any atom is -0.294 e. The van der Waals surface area contributed by atoms with Gasteiger partial charge in [-0.15, -0.1) is 11.3 Å². The van der Waals surface area contributed by atoms with Crippen molar-refractivity contribution in [3.63, 3.8) is 0 Å². The van der Waals surface area contributed by atoms with Crippen molar-refractivity contribution in [1.29, 1.82) is 0 Å². The minimum atomic E-state index is 0.153. The Morgan fingerprint density at radius 2 is 2.29 bits per heavy atom. The highest BCUT2D eigenvalue weighted by molar-refractivity contribution is 7.14. The van der Waals surface area contributed by atoms with E-state index >= 15 is 0 Å². The Balaban J connectivity index is 2.09. The van der Waals surface area contributed by atoms with E-state index in [0.717, 1.165) is 15.5 Å². The molecule has 72 valence electrons. The summed E-state index contributed by atoms with van der Waals surface area (Å²) >= 11 is 8.78. The third-order valence-corrected chi connectivity index (χ3v) is 3.65. The van der Waals surface area contributed by atoms with Crippen molar-refractivity contribution in [2.75, 3.05) is 0 Å². The van der Waals surface area contributed by atoms with E-state index in [2.05, 4.69) is 0 Å². The zero-order chi connectivity index (χ0) is 9.97. The third kappa shape index (κ3) is 2.23. The average molecular weight is 243 g/mol. The molecule has 0 N–H and O–H groups in total. The lowest BCUT2D eigenvalue weighted by Crippen LogP contribution is -2.00. The molecule has 2 aromatic heterocycles. The van der Waals surface area contributed by atoms with Crippen molar-refractivity contribution in [2.45, 2.75) is 6.42 Å². The lowest BCUT2D eigenvalue weighted by molar-refractivity contribution is 0.0993. The molecule has 1 nitrogen and oxygen atoms in total. The van der Waals surface area contributed by atoms with Gasteiger partial charge in [-0.2, -0.15) is 11.3 Å². The van der Waals surface area contributed by atoms with Gasteiger partial charge in [0.1, 0.15) is 0 Å². The minimum absolute atomic E-state index is 0.153. The molecule has 0 saturated carbocycles. The molecule has 0 aliphatic heterocycles. The monoisotopic (exact) mass is 242 g/mol.